The highest BCUT2D eigenvalue weighted by Crippen LogP contribution is 2.12. The molecule has 2 aromatic carbocycles. The average Bonchev–Trinajstić information content (AvgIpc) is 2.60. The van der Waals surface area contributed by atoms with Crippen LogP contribution in [-0.4, -0.2) is 25.9 Å². The molecule has 0 unspecified atom stereocenters. The molecule has 0 aromatic heterocycles. The molecule has 0 bridgehead atoms. The van der Waals surface area contributed by atoms with Crippen molar-refractivity contribution in [3.05, 3.63) is 65.7 Å². The van der Waals surface area contributed by atoms with Gasteiger partial charge in [-0.3, -0.25) is 0 Å². The van der Waals surface area contributed by atoms with E-state index in [0.29, 0.717) is 24.2 Å². The van der Waals surface area contributed by atoms with Crippen LogP contribution in [0, 0.1) is 11.8 Å². The third-order valence-corrected chi connectivity index (χ3v) is 5.47. The number of rotatable bonds is 7. The van der Waals surface area contributed by atoms with Gasteiger partial charge < -0.3 is 5.11 Å². The number of aliphatic hydroxyl groups excluding tert-OH is 1. The van der Waals surface area contributed by atoms with Crippen molar-refractivity contribution in [2.24, 2.45) is 0 Å². The maximum atomic E-state index is 12.1. The van der Waals surface area contributed by atoms with Crippen molar-refractivity contribution in [2.45, 2.75) is 30.6 Å². The van der Waals surface area contributed by atoms with Gasteiger partial charge in [0, 0.05) is 18.6 Å². The summed E-state index contributed by atoms with van der Waals surface area (Å²) in [4.78, 5) is 0.388. The summed E-state index contributed by atoms with van der Waals surface area (Å²) in [6, 6.07) is 16.4. The van der Waals surface area contributed by atoms with Gasteiger partial charge in [-0.1, -0.05) is 42.2 Å². The molecule has 126 valence electrons. The van der Waals surface area contributed by atoms with Gasteiger partial charge in [-0.2, -0.15) is 0 Å². The van der Waals surface area contributed by atoms with E-state index in [9.17, 15) is 8.42 Å². The lowest BCUT2D eigenvalue weighted by molar-refractivity contribution is 0.299. The van der Waals surface area contributed by atoms with Gasteiger partial charge in [-0.15, -0.1) is 0 Å². The molecule has 0 aliphatic rings. The molecular formula is C20H22O3S. The summed E-state index contributed by atoms with van der Waals surface area (Å²) in [6.45, 7) is 0.150. The second-order valence-corrected chi connectivity index (χ2v) is 7.67. The molecule has 0 amide bonds. The molecule has 3 nitrogen and oxygen atoms in total. The Morgan fingerprint density at radius 3 is 2.29 bits per heavy atom. The number of unbranched alkanes of at least 4 members (excludes halogenated alkanes) is 2. The Morgan fingerprint density at radius 1 is 0.917 bits per heavy atom. The van der Waals surface area contributed by atoms with E-state index in [-0.39, 0.29) is 12.4 Å². The first kappa shape index (κ1) is 18.3. The standard InChI is InChI=1S/C20H22O3S/c21-16-15-19-13-11-18(12-14-19)8-4-1-2-7-17-24(22,23)20-9-5-3-6-10-20/h3,5-6,9-14,21H,1-2,7,15-17H2. The monoisotopic (exact) mass is 342 g/mol. The topological polar surface area (TPSA) is 54.4 Å². The first-order valence-corrected chi connectivity index (χ1v) is 9.73. The van der Waals surface area contributed by atoms with Crippen LogP contribution < -0.4 is 0 Å². The van der Waals surface area contributed by atoms with E-state index >= 15 is 0 Å². The maximum absolute atomic E-state index is 12.1. The summed E-state index contributed by atoms with van der Waals surface area (Å²) in [6.07, 6.45) is 2.72. The third kappa shape index (κ3) is 5.84. The van der Waals surface area contributed by atoms with E-state index in [4.69, 9.17) is 5.11 Å². The quantitative estimate of drug-likeness (QED) is 0.621. The minimum Gasteiger partial charge on any atom is -0.396 e. The molecule has 0 heterocycles. The van der Waals surface area contributed by atoms with Crippen LogP contribution in [0.1, 0.15) is 30.4 Å². The summed E-state index contributed by atoms with van der Waals surface area (Å²) in [5, 5.41) is 8.87. The normalized spacial score (nSPS) is 10.9. The lowest BCUT2D eigenvalue weighted by atomic mass is 10.1. The molecular weight excluding hydrogens is 320 g/mol. The fraction of sp³-hybridized carbons (Fsp3) is 0.300. The molecule has 24 heavy (non-hydrogen) atoms. The van der Waals surface area contributed by atoms with Crippen LogP contribution in [0.15, 0.2) is 59.5 Å². The van der Waals surface area contributed by atoms with Crippen LogP contribution in [-0.2, 0) is 16.3 Å². The zero-order chi connectivity index (χ0) is 17.3. The molecule has 0 saturated heterocycles. The second kappa shape index (κ2) is 9.27. The zero-order valence-corrected chi connectivity index (χ0v) is 14.4. The van der Waals surface area contributed by atoms with Crippen molar-refractivity contribution in [2.75, 3.05) is 12.4 Å². The molecule has 2 rings (SSSR count). The third-order valence-electron chi connectivity index (χ3n) is 3.65. The minimum absolute atomic E-state index is 0.150. The van der Waals surface area contributed by atoms with Gasteiger partial charge in [0.05, 0.1) is 10.6 Å². The van der Waals surface area contributed by atoms with Crippen molar-refractivity contribution in [1.82, 2.24) is 0 Å². The summed E-state index contributed by atoms with van der Waals surface area (Å²) in [5.41, 5.74) is 2.03. The van der Waals surface area contributed by atoms with E-state index in [1.54, 1.807) is 24.3 Å². The number of benzene rings is 2. The minimum atomic E-state index is -3.18. The first-order valence-electron chi connectivity index (χ1n) is 8.08. The maximum Gasteiger partial charge on any atom is 0.178 e. The van der Waals surface area contributed by atoms with E-state index in [1.165, 1.54) is 0 Å². The van der Waals surface area contributed by atoms with Gasteiger partial charge in [0.1, 0.15) is 0 Å². The Kier molecular flexibility index (Phi) is 7.05. The van der Waals surface area contributed by atoms with E-state index in [0.717, 1.165) is 17.5 Å². The largest absolute Gasteiger partial charge is 0.396 e. The number of aliphatic hydroxyl groups is 1. The highest BCUT2D eigenvalue weighted by atomic mass is 32.2. The van der Waals surface area contributed by atoms with Crippen molar-refractivity contribution >= 4 is 9.84 Å². The molecule has 1 N–H and O–H groups in total. The van der Waals surface area contributed by atoms with E-state index in [2.05, 4.69) is 11.8 Å². The zero-order valence-electron chi connectivity index (χ0n) is 13.6. The van der Waals surface area contributed by atoms with Gasteiger partial charge in [-0.05, 0) is 49.1 Å². The van der Waals surface area contributed by atoms with Gasteiger partial charge in [-0.25, -0.2) is 8.42 Å². The first-order chi connectivity index (χ1) is 11.6. The SMILES string of the molecule is O=S(=O)(CCCCC#Cc1ccc(CCO)cc1)c1ccccc1. The van der Waals surface area contributed by atoms with E-state index in [1.807, 2.05) is 30.3 Å². The van der Waals surface area contributed by atoms with Crippen LogP contribution in [0.5, 0.6) is 0 Å². The Bertz CT molecular complexity index is 782. The predicted molar refractivity (Wildman–Crippen MR) is 96.5 cm³/mol. The van der Waals surface area contributed by atoms with Gasteiger partial charge in [0.15, 0.2) is 9.84 Å². The Balaban J connectivity index is 1.75. The van der Waals surface area contributed by atoms with Crippen molar-refractivity contribution in [3.8, 4) is 11.8 Å². The molecule has 4 heteroatoms. The van der Waals surface area contributed by atoms with Crippen molar-refractivity contribution in [3.63, 3.8) is 0 Å². The number of sulfone groups is 1. The Labute approximate surface area is 144 Å². The number of hydrogen-bond donors (Lipinski definition) is 1. The molecule has 0 fully saturated rings. The smallest absolute Gasteiger partial charge is 0.178 e. The summed E-state index contributed by atoms with van der Waals surface area (Å²) < 4.78 is 24.2. The van der Waals surface area contributed by atoms with Crippen molar-refractivity contribution < 1.29 is 13.5 Å². The van der Waals surface area contributed by atoms with Gasteiger partial charge in [0.2, 0.25) is 0 Å². The summed E-state index contributed by atoms with van der Waals surface area (Å²) in [7, 11) is -3.18. The van der Waals surface area contributed by atoms with Crippen molar-refractivity contribution in [1.29, 1.82) is 0 Å². The van der Waals surface area contributed by atoms with Crippen LogP contribution in [0.25, 0.3) is 0 Å². The van der Waals surface area contributed by atoms with Crippen LogP contribution in [0.4, 0.5) is 0 Å². The fourth-order valence-corrected chi connectivity index (χ4v) is 3.69. The summed E-state index contributed by atoms with van der Waals surface area (Å²) in [5.74, 6) is 6.33. The highest BCUT2D eigenvalue weighted by molar-refractivity contribution is 7.91. The molecule has 0 atom stereocenters. The molecule has 0 radical (unpaired) electrons. The molecule has 0 aliphatic heterocycles. The molecule has 2 aromatic rings. The number of hydrogen-bond acceptors (Lipinski definition) is 3. The van der Waals surface area contributed by atoms with Gasteiger partial charge in [0.25, 0.3) is 0 Å². The van der Waals surface area contributed by atoms with Crippen LogP contribution in [0.2, 0.25) is 0 Å². The molecule has 0 spiro atoms. The highest BCUT2D eigenvalue weighted by Gasteiger charge is 2.12. The van der Waals surface area contributed by atoms with Crippen LogP contribution in [0.3, 0.4) is 0 Å². The lowest BCUT2D eigenvalue weighted by Crippen LogP contribution is -2.06. The molecule has 0 aliphatic carbocycles. The summed E-state index contributed by atoms with van der Waals surface area (Å²) >= 11 is 0. The average molecular weight is 342 g/mol. The van der Waals surface area contributed by atoms with E-state index < -0.39 is 9.84 Å². The van der Waals surface area contributed by atoms with Gasteiger partial charge >= 0.3 is 0 Å². The Morgan fingerprint density at radius 2 is 1.62 bits per heavy atom. The molecule has 0 saturated carbocycles. The Hall–Kier alpha value is -2.09. The van der Waals surface area contributed by atoms with Crippen LogP contribution >= 0.6 is 0 Å². The predicted octanol–water partition coefficient (Wildman–Crippen LogP) is 3.22. The fourth-order valence-electron chi connectivity index (χ4n) is 2.30. The lowest BCUT2D eigenvalue weighted by Gasteiger charge is -2.02. The second-order valence-electron chi connectivity index (χ2n) is 5.56.